The summed E-state index contributed by atoms with van der Waals surface area (Å²) in [5.74, 6) is 1.46. The van der Waals surface area contributed by atoms with Gasteiger partial charge in [-0.3, -0.25) is 14.3 Å². The van der Waals surface area contributed by atoms with E-state index >= 15 is 0 Å². The molecule has 0 aromatic carbocycles. The van der Waals surface area contributed by atoms with Gasteiger partial charge in [0.15, 0.2) is 5.76 Å². The lowest BCUT2D eigenvalue weighted by Crippen LogP contribution is -2.36. The first-order valence-electron chi connectivity index (χ1n) is 7.77. The molecule has 0 atom stereocenters. The molecule has 2 aromatic heterocycles. The number of aromatic nitrogens is 3. The molecule has 0 aliphatic carbocycles. The van der Waals surface area contributed by atoms with Gasteiger partial charge >= 0.3 is 0 Å². The molecule has 0 amide bonds. The molecule has 1 saturated heterocycles. The Bertz CT molecular complexity index is 683. The monoisotopic (exact) mass is 302 g/mol. The van der Waals surface area contributed by atoms with Crippen LogP contribution in [0.15, 0.2) is 27.9 Å². The number of likely N-dealkylation sites (tertiary alicyclic amines) is 1. The van der Waals surface area contributed by atoms with E-state index in [1.807, 2.05) is 19.9 Å². The van der Waals surface area contributed by atoms with E-state index in [9.17, 15) is 4.79 Å². The second-order valence-electron chi connectivity index (χ2n) is 6.19. The molecule has 3 rings (SSSR count). The smallest absolute Gasteiger partial charge is 0.256 e. The Labute approximate surface area is 129 Å². The van der Waals surface area contributed by atoms with Crippen molar-refractivity contribution in [3.8, 4) is 0 Å². The fourth-order valence-electron chi connectivity index (χ4n) is 3.01. The van der Waals surface area contributed by atoms with Crippen molar-refractivity contribution in [2.24, 2.45) is 5.92 Å². The molecule has 0 saturated carbocycles. The van der Waals surface area contributed by atoms with Crippen molar-refractivity contribution in [3.05, 3.63) is 46.0 Å². The highest BCUT2D eigenvalue weighted by molar-refractivity contribution is 5.03. The minimum Gasteiger partial charge on any atom is -0.360 e. The Morgan fingerprint density at radius 1 is 1.32 bits per heavy atom. The number of hydrogen-bond donors (Lipinski definition) is 0. The molecular formula is C16H22N4O2. The number of nitrogens with zero attached hydrogens (tertiary/aromatic N) is 4. The summed E-state index contributed by atoms with van der Waals surface area (Å²) in [6, 6.07) is 1.99. The van der Waals surface area contributed by atoms with Gasteiger partial charge in [0.2, 0.25) is 0 Å². The van der Waals surface area contributed by atoms with Crippen LogP contribution in [0.1, 0.15) is 29.9 Å². The van der Waals surface area contributed by atoms with Gasteiger partial charge in [0.05, 0.1) is 18.6 Å². The summed E-state index contributed by atoms with van der Waals surface area (Å²) in [7, 11) is 0. The van der Waals surface area contributed by atoms with Crippen LogP contribution in [0.4, 0.5) is 0 Å². The van der Waals surface area contributed by atoms with Gasteiger partial charge in [-0.15, -0.1) is 0 Å². The van der Waals surface area contributed by atoms with Crippen molar-refractivity contribution in [2.75, 3.05) is 13.1 Å². The molecule has 0 unspecified atom stereocenters. The molecule has 118 valence electrons. The number of hydrogen-bond acceptors (Lipinski definition) is 5. The van der Waals surface area contributed by atoms with Crippen molar-refractivity contribution < 1.29 is 4.52 Å². The molecule has 0 bridgehead atoms. The van der Waals surface area contributed by atoms with Gasteiger partial charge in [-0.05, 0) is 45.7 Å². The summed E-state index contributed by atoms with van der Waals surface area (Å²) in [4.78, 5) is 18.5. The van der Waals surface area contributed by atoms with E-state index in [1.165, 1.54) is 0 Å². The highest BCUT2D eigenvalue weighted by Gasteiger charge is 2.21. The molecule has 0 N–H and O–H groups in total. The molecule has 1 aliphatic rings. The van der Waals surface area contributed by atoms with Crippen LogP contribution in [0.25, 0.3) is 0 Å². The molecule has 3 heterocycles. The predicted molar refractivity (Wildman–Crippen MR) is 82.5 cm³/mol. The molecule has 22 heavy (non-hydrogen) atoms. The third-order valence-electron chi connectivity index (χ3n) is 4.29. The van der Waals surface area contributed by atoms with E-state index in [0.29, 0.717) is 11.5 Å². The van der Waals surface area contributed by atoms with Crippen molar-refractivity contribution in [1.82, 2.24) is 19.6 Å². The SMILES string of the molecule is Cc1cc(CN2CCC(Cn3cncc(C)c3=O)CC2)on1. The first-order valence-corrected chi connectivity index (χ1v) is 7.77. The van der Waals surface area contributed by atoms with E-state index in [1.54, 1.807) is 17.1 Å². The second kappa shape index (κ2) is 6.44. The lowest BCUT2D eigenvalue weighted by atomic mass is 9.96. The summed E-state index contributed by atoms with van der Waals surface area (Å²) in [5.41, 5.74) is 1.71. The molecule has 6 nitrogen and oxygen atoms in total. The molecule has 6 heteroatoms. The van der Waals surface area contributed by atoms with Gasteiger partial charge in [-0.1, -0.05) is 5.16 Å². The molecular weight excluding hydrogens is 280 g/mol. The quantitative estimate of drug-likeness (QED) is 0.861. The summed E-state index contributed by atoms with van der Waals surface area (Å²) in [5, 5.41) is 3.92. The van der Waals surface area contributed by atoms with Crippen molar-refractivity contribution in [3.63, 3.8) is 0 Å². The summed E-state index contributed by atoms with van der Waals surface area (Å²) >= 11 is 0. The third kappa shape index (κ3) is 3.44. The van der Waals surface area contributed by atoms with Gasteiger partial charge in [0.25, 0.3) is 5.56 Å². The number of aryl methyl sites for hydroxylation is 2. The summed E-state index contributed by atoms with van der Waals surface area (Å²) in [6.07, 6.45) is 5.46. The topological polar surface area (TPSA) is 64.2 Å². The molecule has 0 spiro atoms. The van der Waals surface area contributed by atoms with Crippen LogP contribution in [0.3, 0.4) is 0 Å². The zero-order valence-electron chi connectivity index (χ0n) is 13.2. The van der Waals surface area contributed by atoms with E-state index in [2.05, 4.69) is 15.0 Å². The van der Waals surface area contributed by atoms with Crippen LogP contribution in [-0.4, -0.2) is 32.7 Å². The Balaban J connectivity index is 1.53. The second-order valence-corrected chi connectivity index (χ2v) is 6.19. The molecule has 2 aromatic rings. The average Bonchev–Trinajstić information content (AvgIpc) is 2.91. The molecule has 0 radical (unpaired) electrons. The van der Waals surface area contributed by atoms with Gasteiger partial charge in [0, 0.05) is 24.4 Å². The maximum Gasteiger partial charge on any atom is 0.256 e. The van der Waals surface area contributed by atoms with Gasteiger partial charge in [-0.2, -0.15) is 0 Å². The lowest BCUT2D eigenvalue weighted by Gasteiger charge is -2.31. The van der Waals surface area contributed by atoms with Crippen LogP contribution in [0.2, 0.25) is 0 Å². The standard InChI is InChI=1S/C16H22N4O2/c1-12-8-17-11-20(16(12)21)9-14-3-5-19(6-4-14)10-15-7-13(2)18-22-15/h7-8,11,14H,3-6,9-10H2,1-2H3. The Hall–Kier alpha value is -1.95. The van der Waals surface area contributed by atoms with Gasteiger partial charge in [-0.25, -0.2) is 4.98 Å². The van der Waals surface area contributed by atoms with Crippen molar-refractivity contribution >= 4 is 0 Å². The highest BCUT2D eigenvalue weighted by atomic mass is 16.5. The largest absolute Gasteiger partial charge is 0.360 e. The first-order chi connectivity index (χ1) is 10.6. The average molecular weight is 302 g/mol. The van der Waals surface area contributed by atoms with E-state index in [-0.39, 0.29) is 5.56 Å². The fraction of sp³-hybridized carbons (Fsp3) is 0.562. The van der Waals surface area contributed by atoms with E-state index in [0.717, 1.165) is 50.5 Å². The molecule has 1 aliphatic heterocycles. The predicted octanol–water partition coefficient (Wildman–Crippen LogP) is 1.76. The normalized spacial score (nSPS) is 17.0. The Kier molecular flexibility index (Phi) is 4.38. The van der Waals surface area contributed by atoms with E-state index in [4.69, 9.17) is 4.52 Å². The van der Waals surface area contributed by atoms with Crippen LogP contribution < -0.4 is 5.56 Å². The number of piperidine rings is 1. The van der Waals surface area contributed by atoms with Gasteiger partial charge in [0.1, 0.15) is 0 Å². The van der Waals surface area contributed by atoms with Crippen LogP contribution in [0, 0.1) is 19.8 Å². The third-order valence-corrected chi connectivity index (χ3v) is 4.29. The Morgan fingerprint density at radius 2 is 2.09 bits per heavy atom. The maximum atomic E-state index is 12.0. The van der Waals surface area contributed by atoms with Crippen LogP contribution >= 0.6 is 0 Å². The number of rotatable bonds is 4. The molecule has 1 fully saturated rings. The highest BCUT2D eigenvalue weighted by Crippen LogP contribution is 2.20. The van der Waals surface area contributed by atoms with Crippen LogP contribution in [-0.2, 0) is 13.1 Å². The first kappa shape index (κ1) is 15.0. The van der Waals surface area contributed by atoms with Gasteiger partial charge < -0.3 is 4.52 Å². The Morgan fingerprint density at radius 3 is 2.77 bits per heavy atom. The fourth-order valence-corrected chi connectivity index (χ4v) is 3.01. The zero-order chi connectivity index (χ0) is 15.5. The van der Waals surface area contributed by atoms with Crippen molar-refractivity contribution in [2.45, 2.75) is 39.8 Å². The summed E-state index contributed by atoms with van der Waals surface area (Å²) in [6.45, 7) is 7.39. The minimum absolute atomic E-state index is 0.0783. The van der Waals surface area contributed by atoms with Crippen molar-refractivity contribution in [1.29, 1.82) is 0 Å². The van der Waals surface area contributed by atoms with Crippen LogP contribution in [0.5, 0.6) is 0 Å². The zero-order valence-corrected chi connectivity index (χ0v) is 13.2. The summed E-state index contributed by atoms with van der Waals surface area (Å²) < 4.78 is 7.02. The lowest BCUT2D eigenvalue weighted by molar-refractivity contribution is 0.152. The minimum atomic E-state index is 0.0783. The van der Waals surface area contributed by atoms with E-state index < -0.39 is 0 Å². The maximum absolute atomic E-state index is 12.0.